The average Bonchev–Trinajstić information content (AvgIpc) is 3.15. The predicted molar refractivity (Wildman–Crippen MR) is 95.0 cm³/mol. The fourth-order valence-electron chi connectivity index (χ4n) is 3.90. The molecule has 132 valence electrons. The Morgan fingerprint density at radius 1 is 1.21 bits per heavy atom. The Hall–Kier alpha value is -1.46. The summed E-state index contributed by atoms with van der Waals surface area (Å²) in [7, 11) is 0. The SMILES string of the molecule is O=C(CCCC1CNNC1)N(Cc1cccnc1)C1CCCCC1. The maximum Gasteiger partial charge on any atom is 0.223 e. The lowest BCUT2D eigenvalue weighted by Crippen LogP contribution is -2.40. The maximum absolute atomic E-state index is 12.9. The minimum absolute atomic E-state index is 0.324. The van der Waals surface area contributed by atoms with Gasteiger partial charge in [-0.1, -0.05) is 25.3 Å². The molecule has 0 bridgehead atoms. The summed E-state index contributed by atoms with van der Waals surface area (Å²) < 4.78 is 0. The Labute approximate surface area is 145 Å². The van der Waals surface area contributed by atoms with Gasteiger partial charge in [0.25, 0.3) is 0 Å². The van der Waals surface area contributed by atoms with Gasteiger partial charge in [-0.15, -0.1) is 0 Å². The number of rotatable bonds is 7. The second-order valence-electron chi connectivity index (χ2n) is 7.19. The first-order chi connectivity index (χ1) is 11.8. The van der Waals surface area contributed by atoms with Crippen LogP contribution in [0.5, 0.6) is 0 Å². The quantitative estimate of drug-likeness (QED) is 0.807. The van der Waals surface area contributed by atoms with Crippen molar-refractivity contribution in [2.45, 2.75) is 64.0 Å². The second kappa shape index (κ2) is 9.14. The zero-order valence-corrected chi connectivity index (χ0v) is 14.5. The number of aromatic nitrogens is 1. The molecule has 0 spiro atoms. The summed E-state index contributed by atoms with van der Waals surface area (Å²) in [5.41, 5.74) is 7.47. The molecule has 0 radical (unpaired) electrons. The number of hydrogen-bond donors (Lipinski definition) is 2. The van der Waals surface area contributed by atoms with Gasteiger partial charge in [-0.05, 0) is 43.2 Å². The molecule has 2 aliphatic rings. The van der Waals surface area contributed by atoms with Crippen LogP contribution in [0.3, 0.4) is 0 Å². The van der Waals surface area contributed by atoms with E-state index in [-0.39, 0.29) is 0 Å². The highest BCUT2D eigenvalue weighted by Crippen LogP contribution is 2.25. The lowest BCUT2D eigenvalue weighted by Gasteiger charge is -2.34. The molecular formula is C19H30N4O. The van der Waals surface area contributed by atoms with E-state index >= 15 is 0 Å². The monoisotopic (exact) mass is 330 g/mol. The van der Waals surface area contributed by atoms with E-state index in [9.17, 15) is 4.79 Å². The largest absolute Gasteiger partial charge is 0.335 e. The summed E-state index contributed by atoms with van der Waals surface area (Å²) >= 11 is 0. The third-order valence-corrected chi connectivity index (χ3v) is 5.32. The van der Waals surface area contributed by atoms with E-state index in [4.69, 9.17) is 0 Å². The van der Waals surface area contributed by atoms with Crippen LogP contribution in [0.15, 0.2) is 24.5 Å². The molecule has 2 N–H and O–H groups in total. The molecule has 0 aromatic carbocycles. The zero-order valence-electron chi connectivity index (χ0n) is 14.5. The first-order valence-electron chi connectivity index (χ1n) is 9.47. The van der Waals surface area contributed by atoms with Crippen LogP contribution in [0.25, 0.3) is 0 Å². The van der Waals surface area contributed by atoms with Crippen LogP contribution in [0.4, 0.5) is 0 Å². The van der Waals surface area contributed by atoms with Crippen molar-refractivity contribution in [1.29, 1.82) is 0 Å². The summed E-state index contributed by atoms with van der Waals surface area (Å²) in [4.78, 5) is 19.2. The molecule has 1 aliphatic carbocycles. The van der Waals surface area contributed by atoms with Crippen molar-refractivity contribution in [3.63, 3.8) is 0 Å². The Morgan fingerprint density at radius 3 is 2.71 bits per heavy atom. The van der Waals surface area contributed by atoms with Gasteiger partial charge in [0.1, 0.15) is 0 Å². The van der Waals surface area contributed by atoms with Gasteiger partial charge in [-0.3, -0.25) is 20.6 Å². The number of hydrogen-bond acceptors (Lipinski definition) is 4. The first-order valence-corrected chi connectivity index (χ1v) is 9.47. The number of amides is 1. The molecule has 1 aromatic heterocycles. The highest BCUT2D eigenvalue weighted by Gasteiger charge is 2.25. The number of nitrogens with one attached hydrogen (secondary N) is 2. The third-order valence-electron chi connectivity index (χ3n) is 5.32. The van der Waals surface area contributed by atoms with Gasteiger partial charge in [-0.2, -0.15) is 0 Å². The molecule has 1 amide bonds. The van der Waals surface area contributed by atoms with E-state index in [1.807, 2.05) is 12.3 Å². The lowest BCUT2D eigenvalue weighted by molar-refractivity contribution is -0.135. The number of pyridine rings is 1. The van der Waals surface area contributed by atoms with Crippen LogP contribution in [0, 0.1) is 5.92 Å². The minimum Gasteiger partial charge on any atom is -0.335 e. The molecule has 1 saturated heterocycles. The number of hydrazine groups is 1. The van der Waals surface area contributed by atoms with E-state index in [0.717, 1.165) is 44.3 Å². The molecular weight excluding hydrogens is 300 g/mol. The fraction of sp³-hybridized carbons (Fsp3) is 0.684. The van der Waals surface area contributed by atoms with Crippen LogP contribution in [0.1, 0.15) is 56.9 Å². The second-order valence-corrected chi connectivity index (χ2v) is 7.19. The summed E-state index contributed by atoms with van der Waals surface area (Å²) in [6.07, 6.45) is 12.6. The maximum atomic E-state index is 12.9. The Morgan fingerprint density at radius 2 is 2.00 bits per heavy atom. The Kier molecular flexibility index (Phi) is 6.61. The van der Waals surface area contributed by atoms with Crippen LogP contribution in [-0.4, -0.2) is 34.9 Å². The summed E-state index contributed by atoms with van der Waals surface area (Å²) in [5, 5.41) is 0. The highest BCUT2D eigenvalue weighted by atomic mass is 16.2. The molecule has 2 heterocycles. The summed E-state index contributed by atoms with van der Waals surface area (Å²) in [6, 6.07) is 4.45. The van der Waals surface area contributed by atoms with Crippen molar-refractivity contribution in [3.8, 4) is 0 Å². The molecule has 0 unspecified atom stereocenters. The predicted octanol–water partition coefficient (Wildman–Crippen LogP) is 2.64. The fourth-order valence-corrected chi connectivity index (χ4v) is 3.90. The van der Waals surface area contributed by atoms with E-state index in [2.05, 4.69) is 26.8 Å². The molecule has 3 rings (SSSR count). The molecule has 24 heavy (non-hydrogen) atoms. The topological polar surface area (TPSA) is 57.3 Å². The van der Waals surface area contributed by atoms with Gasteiger partial charge in [0.2, 0.25) is 5.91 Å². The molecule has 1 saturated carbocycles. The summed E-state index contributed by atoms with van der Waals surface area (Å²) in [6.45, 7) is 2.76. The Balaban J connectivity index is 1.56. The molecule has 1 aromatic rings. The van der Waals surface area contributed by atoms with E-state index in [1.54, 1.807) is 6.20 Å². The van der Waals surface area contributed by atoms with Crippen molar-refractivity contribution in [1.82, 2.24) is 20.7 Å². The average molecular weight is 330 g/mol. The van der Waals surface area contributed by atoms with Crippen LogP contribution in [-0.2, 0) is 11.3 Å². The van der Waals surface area contributed by atoms with Crippen molar-refractivity contribution in [2.75, 3.05) is 13.1 Å². The van der Waals surface area contributed by atoms with E-state index in [0.29, 0.717) is 30.8 Å². The van der Waals surface area contributed by atoms with Gasteiger partial charge in [-0.25, -0.2) is 0 Å². The number of nitrogens with zero attached hydrogens (tertiary/aromatic N) is 2. The first kappa shape index (κ1) is 17.4. The standard InChI is InChI=1S/C19H30N4O/c24-19(10-4-6-16-13-21-22-14-16)23(18-8-2-1-3-9-18)15-17-7-5-11-20-12-17/h5,7,11-12,16,18,21-22H,1-4,6,8-10,13-15H2. The third kappa shape index (κ3) is 5.02. The molecule has 5 heteroatoms. The van der Waals surface area contributed by atoms with Crippen LogP contribution < -0.4 is 10.9 Å². The van der Waals surface area contributed by atoms with Crippen molar-refractivity contribution < 1.29 is 4.79 Å². The van der Waals surface area contributed by atoms with Gasteiger partial charge >= 0.3 is 0 Å². The van der Waals surface area contributed by atoms with E-state index < -0.39 is 0 Å². The van der Waals surface area contributed by atoms with Crippen molar-refractivity contribution in [3.05, 3.63) is 30.1 Å². The molecule has 2 fully saturated rings. The van der Waals surface area contributed by atoms with Crippen LogP contribution >= 0.6 is 0 Å². The van der Waals surface area contributed by atoms with Crippen molar-refractivity contribution >= 4 is 5.91 Å². The Bertz CT molecular complexity index is 495. The van der Waals surface area contributed by atoms with Gasteiger partial charge < -0.3 is 4.90 Å². The highest BCUT2D eigenvalue weighted by molar-refractivity contribution is 5.76. The van der Waals surface area contributed by atoms with Crippen LogP contribution in [0.2, 0.25) is 0 Å². The van der Waals surface area contributed by atoms with Gasteiger partial charge in [0.15, 0.2) is 0 Å². The molecule has 1 aliphatic heterocycles. The van der Waals surface area contributed by atoms with E-state index in [1.165, 1.54) is 19.3 Å². The lowest BCUT2D eigenvalue weighted by atomic mass is 9.93. The number of carbonyl (C=O) groups is 1. The minimum atomic E-state index is 0.324. The zero-order chi connectivity index (χ0) is 16.6. The normalized spacial score (nSPS) is 19.5. The van der Waals surface area contributed by atoms with Gasteiger partial charge in [0, 0.05) is 44.5 Å². The molecule has 5 nitrogen and oxygen atoms in total. The number of carbonyl (C=O) groups excluding carboxylic acids is 1. The van der Waals surface area contributed by atoms with Crippen molar-refractivity contribution in [2.24, 2.45) is 5.92 Å². The summed E-state index contributed by atoms with van der Waals surface area (Å²) in [5.74, 6) is 0.990. The van der Waals surface area contributed by atoms with Gasteiger partial charge in [0.05, 0.1) is 0 Å². The smallest absolute Gasteiger partial charge is 0.223 e. The molecule has 0 atom stereocenters.